The molecule has 0 radical (unpaired) electrons. The van der Waals surface area contributed by atoms with E-state index in [9.17, 15) is 0 Å². The van der Waals surface area contributed by atoms with Crippen LogP contribution in [0.3, 0.4) is 0 Å². The molecule has 1 saturated heterocycles. The summed E-state index contributed by atoms with van der Waals surface area (Å²) in [7, 11) is 0. The average molecular weight is 285 g/mol. The Bertz CT molecular complexity index is 384. The monoisotopic (exact) mass is 285 g/mol. The molecule has 0 aromatic carbocycles. The fourth-order valence-electron chi connectivity index (χ4n) is 2.07. The van der Waals surface area contributed by atoms with Gasteiger partial charge in [-0.05, 0) is 30.2 Å². The second-order valence-electron chi connectivity index (χ2n) is 5.25. The van der Waals surface area contributed by atoms with E-state index >= 15 is 0 Å². The van der Waals surface area contributed by atoms with Crippen molar-refractivity contribution in [3.05, 3.63) is 0 Å². The van der Waals surface area contributed by atoms with Gasteiger partial charge in [-0.3, -0.25) is 0 Å². The van der Waals surface area contributed by atoms with Crippen LogP contribution in [0.2, 0.25) is 0 Å². The highest BCUT2D eigenvalue weighted by atomic mass is 32.2. The number of ether oxygens (including phenoxy) is 1. The standard InChI is InChI=1S/C12H23N5OS/c1-9(2)13-6-7-17-12(14-15-16-17)19-8-11-5-4-10(3)18-11/h9-11,13H,4-8H2,1-3H3. The molecule has 1 aromatic heterocycles. The summed E-state index contributed by atoms with van der Waals surface area (Å²) >= 11 is 1.69. The molecule has 0 saturated carbocycles. The van der Waals surface area contributed by atoms with Crippen molar-refractivity contribution in [2.75, 3.05) is 12.3 Å². The van der Waals surface area contributed by atoms with Gasteiger partial charge in [-0.25, -0.2) is 4.68 Å². The highest BCUT2D eigenvalue weighted by Crippen LogP contribution is 2.24. The summed E-state index contributed by atoms with van der Waals surface area (Å²) in [5.41, 5.74) is 0. The molecule has 108 valence electrons. The maximum Gasteiger partial charge on any atom is 0.209 e. The summed E-state index contributed by atoms with van der Waals surface area (Å²) < 4.78 is 7.66. The van der Waals surface area contributed by atoms with Crippen LogP contribution >= 0.6 is 11.8 Å². The van der Waals surface area contributed by atoms with Crippen LogP contribution in [0.25, 0.3) is 0 Å². The van der Waals surface area contributed by atoms with Crippen molar-refractivity contribution in [2.45, 2.75) is 63.6 Å². The van der Waals surface area contributed by atoms with Crippen molar-refractivity contribution in [1.29, 1.82) is 0 Å². The van der Waals surface area contributed by atoms with Crippen molar-refractivity contribution >= 4 is 11.8 Å². The van der Waals surface area contributed by atoms with Gasteiger partial charge >= 0.3 is 0 Å². The molecule has 2 heterocycles. The third-order valence-corrected chi connectivity index (χ3v) is 4.18. The van der Waals surface area contributed by atoms with Crippen molar-refractivity contribution in [3.8, 4) is 0 Å². The SMILES string of the molecule is CC(C)NCCn1nnnc1SCC1CCC(C)O1. The first-order valence-electron chi connectivity index (χ1n) is 6.93. The summed E-state index contributed by atoms with van der Waals surface area (Å²) in [5, 5.41) is 16.1. The molecule has 2 rings (SSSR count). The van der Waals surface area contributed by atoms with Gasteiger partial charge in [-0.1, -0.05) is 25.6 Å². The van der Waals surface area contributed by atoms with Crippen molar-refractivity contribution in [1.82, 2.24) is 25.5 Å². The average Bonchev–Trinajstić information content (AvgIpc) is 2.95. The van der Waals surface area contributed by atoms with Crippen LogP contribution in [0.15, 0.2) is 5.16 Å². The van der Waals surface area contributed by atoms with Crippen molar-refractivity contribution in [2.24, 2.45) is 0 Å². The third-order valence-electron chi connectivity index (χ3n) is 3.09. The number of aromatic nitrogens is 4. The first-order valence-corrected chi connectivity index (χ1v) is 7.91. The number of nitrogens with zero attached hydrogens (tertiary/aromatic N) is 4. The molecule has 2 unspecified atom stereocenters. The first kappa shape index (κ1) is 14.7. The lowest BCUT2D eigenvalue weighted by Gasteiger charge is -2.11. The predicted octanol–water partition coefficient (Wildman–Crippen LogP) is 1.33. The van der Waals surface area contributed by atoms with E-state index in [4.69, 9.17) is 4.74 Å². The normalized spacial score (nSPS) is 23.4. The summed E-state index contributed by atoms with van der Waals surface area (Å²) in [6, 6.07) is 0.487. The van der Waals surface area contributed by atoms with Gasteiger partial charge in [0.05, 0.1) is 18.8 Å². The quantitative estimate of drug-likeness (QED) is 0.763. The first-order chi connectivity index (χ1) is 9.15. The molecule has 1 fully saturated rings. The van der Waals surface area contributed by atoms with Gasteiger partial charge in [0.1, 0.15) is 0 Å². The number of rotatable bonds is 7. The second kappa shape index (κ2) is 7.21. The Balaban J connectivity index is 1.75. The lowest BCUT2D eigenvalue weighted by molar-refractivity contribution is 0.0699. The number of nitrogens with one attached hydrogen (secondary N) is 1. The molecule has 2 atom stereocenters. The van der Waals surface area contributed by atoms with E-state index in [0.29, 0.717) is 18.2 Å². The Labute approximate surface area is 118 Å². The third kappa shape index (κ3) is 4.74. The molecule has 0 aliphatic carbocycles. The van der Waals surface area contributed by atoms with E-state index in [1.807, 2.05) is 4.68 Å². The van der Waals surface area contributed by atoms with Gasteiger partial charge in [0, 0.05) is 18.3 Å². The van der Waals surface area contributed by atoms with Gasteiger partial charge in [0.25, 0.3) is 0 Å². The molecule has 0 amide bonds. The van der Waals surface area contributed by atoms with Gasteiger partial charge in [0.15, 0.2) is 0 Å². The van der Waals surface area contributed by atoms with Crippen LogP contribution < -0.4 is 5.32 Å². The summed E-state index contributed by atoms with van der Waals surface area (Å²) in [6.07, 6.45) is 3.05. The van der Waals surface area contributed by atoms with Crippen LogP contribution in [-0.4, -0.2) is 50.8 Å². The second-order valence-corrected chi connectivity index (χ2v) is 6.24. The van der Waals surface area contributed by atoms with Crippen molar-refractivity contribution < 1.29 is 4.74 Å². The predicted molar refractivity (Wildman–Crippen MR) is 75.2 cm³/mol. The molecule has 0 spiro atoms. The van der Waals surface area contributed by atoms with Crippen LogP contribution in [0.1, 0.15) is 33.6 Å². The van der Waals surface area contributed by atoms with E-state index in [0.717, 1.165) is 36.8 Å². The Morgan fingerprint density at radius 2 is 2.32 bits per heavy atom. The molecular weight excluding hydrogens is 262 g/mol. The molecule has 1 aromatic rings. The summed E-state index contributed by atoms with van der Waals surface area (Å²) in [6.45, 7) is 8.08. The Morgan fingerprint density at radius 1 is 1.47 bits per heavy atom. The maximum absolute atomic E-state index is 5.80. The minimum Gasteiger partial charge on any atom is -0.374 e. The highest BCUT2D eigenvalue weighted by Gasteiger charge is 2.22. The molecule has 0 bridgehead atoms. The zero-order chi connectivity index (χ0) is 13.7. The smallest absolute Gasteiger partial charge is 0.209 e. The van der Waals surface area contributed by atoms with Crippen LogP contribution in [0, 0.1) is 0 Å². The zero-order valence-electron chi connectivity index (χ0n) is 11.9. The minimum atomic E-state index is 0.346. The number of hydrogen-bond donors (Lipinski definition) is 1. The number of thioether (sulfide) groups is 1. The van der Waals surface area contributed by atoms with Crippen molar-refractivity contribution in [3.63, 3.8) is 0 Å². The minimum absolute atomic E-state index is 0.346. The van der Waals surface area contributed by atoms with E-state index in [1.54, 1.807) is 11.8 Å². The molecule has 7 heteroatoms. The fourth-order valence-corrected chi connectivity index (χ4v) is 3.03. The van der Waals surface area contributed by atoms with Crippen LogP contribution in [0.5, 0.6) is 0 Å². The zero-order valence-corrected chi connectivity index (χ0v) is 12.7. The topological polar surface area (TPSA) is 64.9 Å². The van der Waals surface area contributed by atoms with E-state index in [-0.39, 0.29) is 0 Å². The van der Waals surface area contributed by atoms with E-state index in [2.05, 4.69) is 41.6 Å². The Kier molecular flexibility index (Phi) is 5.59. The molecule has 1 N–H and O–H groups in total. The number of hydrogen-bond acceptors (Lipinski definition) is 6. The largest absolute Gasteiger partial charge is 0.374 e. The van der Waals surface area contributed by atoms with Gasteiger partial charge in [0.2, 0.25) is 5.16 Å². The summed E-state index contributed by atoms with van der Waals surface area (Å²) in [5.74, 6) is 0.933. The lowest BCUT2D eigenvalue weighted by Crippen LogP contribution is -2.27. The Morgan fingerprint density at radius 3 is 3.00 bits per heavy atom. The molecular formula is C12H23N5OS. The maximum atomic E-state index is 5.80. The summed E-state index contributed by atoms with van der Waals surface area (Å²) in [4.78, 5) is 0. The van der Waals surface area contributed by atoms with E-state index < -0.39 is 0 Å². The van der Waals surface area contributed by atoms with E-state index in [1.165, 1.54) is 0 Å². The van der Waals surface area contributed by atoms with Crippen LogP contribution in [0.4, 0.5) is 0 Å². The molecule has 6 nitrogen and oxygen atoms in total. The Hall–Kier alpha value is -0.660. The van der Waals surface area contributed by atoms with Gasteiger partial charge in [-0.15, -0.1) is 5.10 Å². The highest BCUT2D eigenvalue weighted by molar-refractivity contribution is 7.99. The van der Waals surface area contributed by atoms with Gasteiger partial charge in [-0.2, -0.15) is 0 Å². The lowest BCUT2D eigenvalue weighted by atomic mass is 10.2. The molecule has 1 aliphatic rings. The fraction of sp³-hybridized carbons (Fsp3) is 0.917. The molecule has 1 aliphatic heterocycles. The molecule has 19 heavy (non-hydrogen) atoms. The van der Waals surface area contributed by atoms with Gasteiger partial charge < -0.3 is 10.1 Å². The number of tetrazole rings is 1. The van der Waals surface area contributed by atoms with Crippen LogP contribution in [-0.2, 0) is 11.3 Å².